The molecule has 0 spiro atoms. The van der Waals surface area contributed by atoms with Crippen LogP contribution in [0.4, 0.5) is 20.2 Å². The maximum absolute atomic E-state index is 13.9. The summed E-state index contributed by atoms with van der Waals surface area (Å²) in [5.41, 5.74) is 0.232. The Balaban J connectivity index is 1.60. The summed E-state index contributed by atoms with van der Waals surface area (Å²) >= 11 is 7.13. The van der Waals surface area contributed by atoms with Crippen molar-refractivity contribution in [1.82, 2.24) is 10.2 Å². The van der Waals surface area contributed by atoms with Gasteiger partial charge in [0.15, 0.2) is 5.75 Å². The fourth-order valence-electron chi connectivity index (χ4n) is 4.82. The van der Waals surface area contributed by atoms with E-state index in [1.165, 1.54) is 17.0 Å². The summed E-state index contributed by atoms with van der Waals surface area (Å²) in [7, 11) is 0. The summed E-state index contributed by atoms with van der Waals surface area (Å²) < 4.78 is 37.2. The zero-order valence-electron chi connectivity index (χ0n) is 23.3. The van der Waals surface area contributed by atoms with E-state index in [2.05, 4.69) is 36.3 Å². The minimum atomic E-state index is -3.15. The van der Waals surface area contributed by atoms with Gasteiger partial charge in [0, 0.05) is 37.4 Å². The van der Waals surface area contributed by atoms with E-state index in [1.807, 2.05) is 0 Å². The van der Waals surface area contributed by atoms with Crippen LogP contribution in [0.25, 0.3) is 0 Å². The number of rotatable bonds is 11. The van der Waals surface area contributed by atoms with Gasteiger partial charge in [-0.2, -0.15) is 8.78 Å². The number of morpholine rings is 1. The molecule has 4 rings (SSSR count). The Morgan fingerprint density at radius 3 is 2.59 bits per heavy atom. The molecule has 1 aromatic heterocycles. The molecule has 2 N–H and O–H groups in total. The van der Waals surface area contributed by atoms with E-state index in [1.54, 1.807) is 18.2 Å². The van der Waals surface area contributed by atoms with Crippen molar-refractivity contribution in [2.45, 2.75) is 58.7 Å². The summed E-state index contributed by atoms with van der Waals surface area (Å²) in [6, 6.07) is 6.90. The molecule has 1 saturated heterocycles. The van der Waals surface area contributed by atoms with Crippen LogP contribution >= 0.6 is 22.9 Å². The number of thiophene rings is 1. The third-order valence-electron chi connectivity index (χ3n) is 6.89. The number of anilines is 2. The van der Waals surface area contributed by atoms with Crippen LogP contribution in [0.1, 0.15) is 49.7 Å². The first kappa shape index (κ1) is 31.1. The van der Waals surface area contributed by atoms with E-state index < -0.39 is 18.6 Å². The molecule has 13 heteroatoms. The zero-order chi connectivity index (χ0) is 29.7. The second-order valence-corrected chi connectivity index (χ2v) is 13.0. The average Bonchev–Trinajstić information content (AvgIpc) is 3.29. The predicted molar refractivity (Wildman–Crippen MR) is 154 cm³/mol. The number of amides is 3. The molecule has 224 valence electrons. The molecule has 0 unspecified atom stereocenters. The molecule has 0 bridgehead atoms. The fraction of sp³-hybridized carbons (Fsp3) is 0.536. The molecule has 41 heavy (non-hydrogen) atoms. The molecule has 1 aromatic carbocycles. The standard InChI is InChI=1S/C28H35ClF2N4O5S/c1-28(2,3)16-35(17-5-4-6-17)20(14-32-26(38)22-9-10-23(29)41-22)25(37)33-19-8-7-18(13-21(19)40-27(30)31)34-11-12-39-15-24(34)36/h7-10,13,17,20,27H,4-6,11-12,14-16H2,1-3H3,(H,32,38)(H,33,37)/t20-/m1/s1. The Morgan fingerprint density at radius 1 is 1.24 bits per heavy atom. The number of nitrogens with zero attached hydrogens (tertiary/aromatic N) is 2. The topological polar surface area (TPSA) is 100 Å². The Hall–Kier alpha value is -2.80. The molecular formula is C28H35ClF2N4O5S. The number of alkyl halides is 2. The molecule has 2 heterocycles. The molecule has 1 saturated carbocycles. The number of hydrogen-bond acceptors (Lipinski definition) is 7. The molecule has 1 aliphatic carbocycles. The van der Waals surface area contributed by atoms with Gasteiger partial charge in [-0.1, -0.05) is 38.8 Å². The van der Waals surface area contributed by atoms with Gasteiger partial charge in [0.2, 0.25) is 5.91 Å². The Labute approximate surface area is 247 Å². The molecule has 2 fully saturated rings. The highest BCUT2D eigenvalue weighted by Crippen LogP contribution is 2.34. The highest BCUT2D eigenvalue weighted by molar-refractivity contribution is 7.18. The lowest BCUT2D eigenvalue weighted by atomic mass is 9.86. The molecule has 3 amide bonds. The first-order valence-corrected chi connectivity index (χ1v) is 14.7. The van der Waals surface area contributed by atoms with Crippen LogP contribution in [0.15, 0.2) is 30.3 Å². The SMILES string of the molecule is CC(C)(C)CN(C1CCC1)[C@H](CNC(=O)c1ccc(Cl)s1)C(=O)Nc1ccc(N2CCOCC2=O)cc1OC(F)F. The molecule has 1 atom stereocenters. The van der Waals surface area contributed by atoms with E-state index >= 15 is 0 Å². The van der Waals surface area contributed by atoms with Gasteiger partial charge in [0.25, 0.3) is 11.8 Å². The lowest BCUT2D eigenvalue weighted by Crippen LogP contribution is -2.58. The van der Waals surface area contributed by atoms with Gasteiger partial charge in [0.05, 0.1) is 21.5 Å². The summed E-state index contributed by atoms with van der Waals surface area (Å²) in [5.74, 6) is -1.41. The summed E-state index contributed by atoms with van der Waals surface area (Å²) in [5, 5.41) is 5.61. The number of halogens is 3. The van der Waals surface area contributed by atoms with Crippen molar-refractivity contribution in [1.29, 1.82) is 0 Å². The number of carbonyl (C=O) groups excluding carboxylic acids is 3. The zero-order valence-corrected chi connectivity index (χ0v) is 24.8. The van der Waals surface area contributed by atoms with Gasteiger partial charge in [-0.05, 0) is 42.5 Å². The number of carbonyl (C=O) groups is 3. The normalized spacial score (nSPS) is 17.0. The first-order valence-electron chi connectivity index (χ1n) is 13.5. The summed E-state index contributed by atoms with van der Waals surface area (Å²) in [4.78, 5) is 42.9. The van der Waals surface area contributed by atoms with Crippen LogP contribution in [-0.2, 0) is 14.3 Å². The van der Waals surface area contributed by atoms with Gasteiger partial charge in [-0.3, -0.25) is 19.3 Å². The summed E-state index contributed by atoms with van der Waals surface area (Å²) in [6.45, 7) is 4.10. The fourth-order valence-corrected chi connectivity index (χ4v) is 5.78. The number of hydrogen-bond donors (Lipinski definition) is 2. The van der Waals surface area contributed by atoms with Crippen molar-refractivity contribution >= 4 is 52.0 Å². The van der Waals surface area contributed by atoms with E-state index in [0.717, 1.165) is 30.6 Å². The number of benzene rings is 1. The van der Waals surface area contributed by atoms with Crippen molar-refractivity contribution in [2.75, 3.05) is 43.1 Å². The molecule has 2 aromatic rings. The monoisotopic (exact) mass is 612 g/mol. The van der Waals surface area contributed by atoms with Gasteiger partial charge in [0.1, 0.15) is 12.6 Å². The lowest BCUT2D eigenvalue weighted by molar-refractivity contribution is -0.126. The molecule has 2 aliphatic rings. The number of nitrogens with one attached hydrogen (secondary N) is 2. The van der Waals surface area contributed by atoms with Crippen molar-refractivity contribution in [3.8, 4) is 5.75 Å². The van der Waals surface area contributed by atoms with Gasteiger partial charge < -0.3 is 25.0 Å². The van der Waals surface area contributed by atoms with Crippen molar-refractivity contribution < 1.29 is 32.6 Å². The third kappa shape index (κ3) is 8.37. The minimum absolute atomic E-state index is 0.00182. The van der Waals surface area contributed by atoms with Crippen molar-refractivity contribution in [3.05, 3.63) is 39.5 Å². The van der Waals surface area contributed by atoms with Crippen LogP contribution < -0.4 is 20.3 Å². The average molecular weight is 613 g/mol. The largest absolute Gasteiger partial charge is 0.433 e. The molecule has 0 radical (unpaired) electrons. The van der Waals surface area contributed by atoms with Crippen molar-refractivity contribution in [2.24, 2.45) is 5.41 Å². The minimum Gasteiger partial charge on any atom is -0.433 e. The third-order valence-corrected chi connectivity index (χ3v) is 8.12. The predicted octanol–water partition coefficient (Wildman–Crippen LogP) is 5.00. The van der Waals surface area contributed by atoms with Crippen LogP contribution in [0, 0.1) is 5.41 Å². The molecular weight excluding hydrogens is 578 g/mol. The Morgan fingerprint density at radius 2 is 2.00 bits per heavy atom. The summed E-state index contributed by atoms with van der Waals surface area (Å²) in [6.07, 6.45) is 2.86. The van der Waals surface area contributed by atoms with E-state index in [-0.39, 0.29) is 54.4 Å². The van der Waals surface area contributed by atoms with Crippen LogP contribution in [0.5, 0.6) is 5.75 Å². The second kappa shape index (κ2) is 13.5. The van der Waals surface area contributed by atoms with E-state index in [0.29, 0.717) is 28.1 Å². The maximum Gasteiger partial charge on any atom is 0.387 e. The van der Waals surface area contributed by atoms with E-state index in [4.69, 9.17) is 21.1 Å². The van der Waals surface area contributed by atoms with Crippen molar-refractivity contribution in [3.63, 3.8) is 0 Å². The van der Waals surface area contributed by atoms with Crippen LogP contribution in [-0.4, -0.2) is 74.2 Å². The van der Waals surface area contributed by atoms with Crippen LogP contribution in [0.2, 0.25) is 4.34 Å². The smallest absolute Gasteiger partial charge is 0.387 e. The number of ether oxygens (including phenoxy) is 2. The Kier molecular flexibility index (Phi) is 10.2. The van der Waals surface area contributed by atoms with Gasteiger partial charge >= 0.3 is 6.61 Å². The van der Waals surface area contributed by atoms with E-state index in [9.17, 15) is 23.2 Å². The highest BCUT2D eigenvalue weighted by Gasteiger charge is 2.37. The first-order chi connectivity index (χ1) is 19.4. The highest BCUT2D eigenvalue weighted by atomic mass is 35.5. The molecule has 9 nitrogen and oxygen atoms in total. The second-order valence-electron chi connectivity index (χ2n) is 11.3. The molecule has 1 aliphatic heterocycles. The van der Waals surface area contributed by atoms with Crippen LogP contribution in [0.3, 0.4) is 0 Å². The maximum atomic E-state index is 13.9. The lowest BCUT2D eigenvalue weighted by Gasteiger charge is -2.44. The Bertz CT molecular complexity index is 1250. The van der Waals surface area contributed by atoms with Gasteiger partial charge in [-0.25, -0.2) is 0 Å². The quantitative estimate of drug-likeness (QED) is 0.370. The van der Waals surface area contributed by atoms with Gasteiger partial charge in [-0.15, -0.1) is 11.3 Å².